The third-order valence-corrected chi connectivity index (χ3v) is 2.78. The van der Waals surface area contributed by atoms with Gasteiger partial charge >= 0.3 is 0 Å². The third-order valence-electron chi connectivity index (χ3n) is 2.78. The third kappa shape index (κ3) is 2.79. The fourth-order valence-corrected chi connectivity index (χ4v) is 1.84. The molecule has 4 heteroatoms. The molecule has 0 radical (unpaired) electrons. The predicted molar refractivity (Wildman–Crippen MR) is 56.9 cm³/mol. The molecule has 0 spiro atoms. The van der Waals surface area contributed by atoms with Crippen molar-refractivity contribution in [3.8, 4) is 0 Å². The molecule has 0 aromatic carbocycles. The van der Waals surface area contributed by atoms with Crippen LogP contribution >= 0.6 is 0 Å². The summed E-state index contributed by atoms with van der Waals surface area (Å²) in [6.45, 7) is 2.60. The van der Waals surface area contributed by atoms with Crippen molar-refractivity contribution >= 4 is 0 Å². The summed E-state index contributed by atoms with van der Waals surface area (Å²) in [6, 6.07) is 0. The van der Waals surface area contributed by atoms with Crippen LogP contribution in [-0.4, -0.2) is 31.8 Å². The van der Waals surface area contributed by atoms with Crippen LogP contribution in [0.4, 0.5) is 0 Å². The lowest BCUT2D eigenvalue weighted by Gasteiger charge is -2.19. The smallest absolute Gasteiger partial charge is 0.195 e. The van der Waals surface area contributed by atoms with Crippen LogP contribution in [0.1, 0.15) is 30.4 Å². The molecular weight excluding hydrogens is 192 g/mol. The van der Waals surface area contributed by atoms with E-state index in [4.69, 9.17) is 9.15 Å². The van der Waals surface area contributed by atoms with E-state index in [0.717, 1.165) is 50.7 Å². The Bertz CT molecular complexity index is 293. The standard InChI is InChI=1S/C11H18N2O2/c1-12-5-2-11-13-8-10(15-11)9-3-6-14-7-4-9/h8-9,12H,2-7H2,1H3. The predicted octanol–water partition coefficient (Wildman–Crippen LogP) is 1.33. The summed E-state index contributed by atoms with van der Waals surface area (Å²) in [6.07, 6.45) is 4.85. The normalized spacial score (nSPS) is 18.2. The summed E-state index contributed by atoms with van der Waals surface area (Å²) in [5.74, 6) is 2.38. The lowest BCUT2D eigenvalue weighted by molar-refractivity contribution is 0.0804. The lowest BCUT2D eigenvalue weighted by atomic mass is 9.98. The van der Waals surface area contributed by atoms with Crippen LogP contribution in [0, 0.1) is 0 Å². The zero-order chi connectivity index (χ0) is 10.5. The van der Waals surface area contributed by atoms with Crippen molar-refractivity contribution in [2.75, 3.05) is 26.8 Å². The fraction of sp³-hybridized carbons (Fsp3) is 0.727. The molecule has 1 saturated heterocycles. The van der Waals surface area contributed by atoms with E-state index in [-0.39, 0.29) is 0 Å². The highest BCUT2D eigenvalue weighted by molar-refractivity contribution is 5.03. The molecule has 1 aromatic heterocycles. The van der Waals surface area contributed by atoms with Crippen molar-refractivity contribution in [1.82, 2.24) is 10.3 Å². The number of likely N-dealkylation sites (N-methyl/N-ethyl adjacent to an activating group) is 1. The first-order valence-corrected chi connectivity index (χ1v) is 5.57. The first-order valence-electron chi connectivity index (χ1n) is 5.57. The summed E-state index contributed by atoms with van der Waals surface area (Å²) in [5.41, 5.74) is 0. The molecule has 2 rings (SSSR count). The van der Waals surface area contributed by atoms with Crippen molar-refractivity contribution in [2.24, 2.45) is 0 Å². The Kier molecular flexibility index (Phi) is 3.75. The Labute approximate surface area is 90.0 Å². The summed E-state index contributed by atoms with van der Waals surface area (Å²) in [7, 11) is 1.93. The van der Waals surface area contributed by atoms with Crippen LogP contribution in [0.25, 0.3) is 0 Å². The summed E-state index contributed by atoms with van der Waals surface area (Å²) in [5, 5.41) is 3.08. The van der Waals surface area contributed by atoms with Gasteiger partial charge in [-0.3, -0.25) is 0 Å². The van der Waals surface area contributed by atoms with Crippen LogP contribution in [0.15, 0.2) is 10.6 Å². The molecule has 1 aliphatic rings. The molecule has 1 aliphatic heterocycles. The summed E-state index contributed by atoms with van der Waals surface area (Å²) < 4.78 is 11.0. The van der Waals surface area contributed by atoms with Gasteiger partial charge in [-0.15, -0.1) is 0 Å². The Morgan fingerprint density at radius 3 is 3.00 bits per heavy atom. The molecule has 0 saturated carbocycles. The van der Waals surface area contributed by atoms with Gasteiger partial charge in [0, 0.05) is 32.1 Å². The molecule has 15 heavy (non-hydrogen) atoms. The zero-order valence-electron chi connectivity index (χ0n) is 9.16. The van der Waals surface area contributed by atoms with E-state index in [2.05, 4.69) is 10.3 Å². The molecular formula is C11H18N2O2. The Balaban J connectivity index is 1.93. The molecule has 0 aliphatic carbocycles. The van der Waals surface area contributed by atoms with Gasteiger partial charge in [0.05, 0.1) is 6.20 Å². The van der Waals surface area contributed by atoms with Gasteiger partial charge in [-0.2, -0.15) is 0 Å². The lowest BCUT2D eigenvalue weighted by Crippen LogP contribution is -2.13. The van der Waals surface area contributed by atoms with Gasteiger partial charge in [-0.25, -0.2) is 4.98 Å². The van der Waals surface area contributed by atoms with Crippen LogP contribution in [0.5, 0.6) is 0 Å². The van der Waals surface area contributed by atoms with Crippen molar-refractivity contribution < 1.29 is 9.15 Å². The maximum Gasteiger partial charge on any atom is 0.195 e. The van der Waals surface area contributed by atoms with Gasteiger partial charge in [0.25, 0.3) is 0 Å². The summed E-state index contributed by atoms with van der Waals surface area (Å²) >= 11 is 0. The van der Waals surface area contributed by atoms with Gasteiger partial charge in [0.1, 0.15) is 5.76 Å². The highest BCUT2D eigenvalue weighted by atomic mass is 16.5. The molecule has 84 valence electrons. The highest BCUT2D eigenvalue weighted by Crippen LogP contribution is 2.27. The molecule has 0 bridgehead atoms. The van der Waals surface area contributed by atoms with Crippen LogP contribution in [0.2, 0.25) is 0 Å². The quantitative estimate of drug-likeness (QED) is 0.814. The van der Waals surface area contributed by atoms with Crippen LogP contribution in [0.3, 0.4) is 0 Å². The van der Waals surface area contributed by atoms with E-state index in [0.29, 0.717) is 5.92 Å². The first kappa shape index (κ1) is 10.6. The molecule has 0 unspecified atom stereocenters. The van der Waals surface area contributed by atoms with Gasteiger partial charge in [0.15, 0.2) is 5.89 Å². The monoisotopic (exact) mass is 210 g/mol. The number of ether oxygens (including phenoxy) is 1. The molecule has 4 nitrogen and oxygen atoms in total. The minimum atomic E-state index is 0.509. The van der Waals surface area contributed by atoms with E-state index in [9.17, 15) is 0 Å². The van der Waals surface area contributed by atoms with Gasteiger partial charge in [-0.05, 0) is 19.9 Å². The van der Waals surface area contributed by atoms with E-state index < -0.39 is 0 Å². The topological polar surface area (TPSA) is 47.3 Å². The molecule has 2 heterocycles. The van der Waals surface area contributed by atoms with E-state index in [1.807, 2.05) is 13.2 Å². The second-order valence-electron chi connectivity index (χ2n) is 3.90. The largest absolute Gasteiger partial charge is 0.445 e. The summed E-state index contributed by atoms with van der Waals surface area (Å²) in [4.78, 5) is 4.28. The first-order chi connectivity index (χ1) is 7.40. The number of nitrogens with zero attached hydrogens (tertiary/aromatic N) is 1. The minimum Gasteiger partial charge on any atom is -0.445 e. The number of aromatic nitrogens is 1. The Hall–Kier alpha value is -0.870. The average Bonchev–Trinajstić information content (AvgIpc) is 2.76. The maximum absolute atomic E-state index is 5.72. The number of oxazole rings is 1. The Morgan fingerprint density at radius 2 is 2.27 bits per heavy atom. The van der Waals surface area contributed by atoms with Crippen molar-refractivity contribution in [1.29, 1.82) is 0 Å². The number of nitrogens with one attached hydrogen (secondary N) is 1. The maximum atomic E-state index is 5.72. The second kappa shape index (κ2) is 5.28. The van der Waals surface area contributed by atoms with Gasteiger partial charge in [0.2, 0.25) is 0 Å². The number of hydrogen-bond acceptors (Lipinski definition) is 4. The fourth-order valence-electron chi connectivity index (χ4n) is 1.84. The van der Waals surface area contributed by atoms with Crippen molar-refractivity contribution in [3.63, 3.8) is 0 Å². The average molecular weight is 210 g/mol. The molecule has 1 N–H and O–H groups in total. The van der Waals surface area contributed by atoms with Crippen molar-refractivity contribution in [3.05, 3.63) is 17.8 Å². The number of hydrogen-bond donors (Lipinski definition) is 1. The highest BCUT2D eigenvalue weighted by Gasteiger charge is 2.19. The minimum absolute atomic E-state index is 0.509. The zero-order valence-corrected chi connectivity index (χ0v) is 9.16. The van der Waals surface area contributed by atoms with E-state index >= 15 is 0 Å². The second-order valence-corrected chi connectivity index (χ2v) is 3.90. The van der Waals surface area contributed by atoms with Gasteiger partial charge < -0.3 is 14.5 Å². The van der Waals surface area contributed by atoms with Gasteiger partial charge in [-0.1, -0.05) is 0 Å². The molecule has 0 atom stereocenters. The van der Waals surface area contributed by atoms with Crippen molar-refractivity contribution in [2.45, 2.75) is 25.2 Å². The van der Waals surface area contributed by atoms with E-state index in [1.165, 1.54) is 0 Å². The van der Waals surface area contributed by atoms with E-state index in [1.54, 1.807) is 0 Å². The Morgan fingerprint density at radius 1 is 1.47 bits per heavy atom. The number of rotatable bonds is 4. The van der Waals surface area contributed by atoms with Crippen LogP contribution < -0.4 is 5.32 Å². The molecule has 1 aromatic rings. The van der Waals surface area contributed by atoms with Crippen LogP contribution in [-0.2, 0) is 11.2 Å². The molecule has 1 fully saturated rings. The molecule has 0 amide bonds. The SMILES string of the molecule is CNCCc1ncc(C2CCOCC2)o1.